The second kappa shape index (κ2) is 4.94. The Morgan fingerprint density at radius 3 is 2.88 bits per heavy atom. The second-order valence-corrected chi connectivity index (χ2v) is 5.78. The van der Waals surface area contributed by atoms with Crippen molar-refractivity contribution in [2.45, 2.75) is 56.7 Å². The van der Waals surface area contributed by atoms with Crippen LogP contribution < -0.4 is 10.6 Å². The van der Waals surface area contributed by atoms with Crippen LogP contribution in [0.5, 0.6) is 0 Å². The van der Waals surface area contributed by atoms with Crippen molar-refractivity contribution < 1.29 is 4.79 Å². The Hall–Kier alpha value is -0.610. The number of amides is 1. The maximum Gasteiger partial charge on any atom is 0.221 e. The summed E-state index contributed by atoms with van der Waals surface area (Å²) in [5.41, 5.74) is 0. The Balaban J connectivity index is 1.39. The molecule has 0 aromatic rings. The van der Waals surface area contributed by atoms with Crippen LogP contribution in [-0.2, 0) is 4.79 Å². The van der Waals surface area contributed by atoms with Gasteiger partial charge in [0.25, 0.3) is 0 Å². The molecule has 0 radical (unpaired) electrons. The highest BCUT2D eigenvalue weighted by atomic mass is 16.1. The number of carbonyl (C=O) groups is 1. The smallest absolute Gasteiger partial charge is 0.221 e. The van der Waals surface area contributed by atoms with Crippen LogP contribution in [0.3, 0.4) is 0 Å². The van der Waals surface area contributed by atoms with Gasteiger partial charge in [0.1, 0.15) is 0 Å². The zero-order valence-electron chi connectivity index (χ0n) is 10.5. The van der Waals surface area contributed by atoms with E-state index in [-0.39, 0.29) is 5.91 Å². The molecular weight excluding hydrogens is 214 g/mol. The van der Waals surface area contributed by atoms with Gasteiger partial charge in [-0.1, -0.05) is 0 Å². The molecule has 2 saturated heterocycles. The van der Waals surface area contributed by atoms with Crippen LogP contribution in [0.25, 0.3) is 0 Å². The van der Waals surface area contributed by atoms with Gasteiger partial charge >= 0.3 is 0 Å². The molecule has 1 saturated carbocycles. The predicted octanol–water partition coefficient (Wildman–Crippen LogP) is 0.481. The lowest BCUT2D eigenvalue weighted by atomic mass is 10.1. The van der Waals surface area contributed by atoms with Crippen LogP contribution >= 0.6 is 0 Å². The zero-order valence-corrected chi connectivity index (χ0v) is 10.5. The molecule has 2 unspecified atom stereocenters. The fourth-order valence-corrected chi connectivity index (χ4v) is 3.12. The molecule has 3 rings (SSSR count). The molecule has 4 heteroatoms. The van der Waals surface area contributed by atoms with Gasteiger partial charge in [-0.25, -0.2) is 0 Å². The number of rotatable bonds is 4. The summed E-state index contributed by atoms with van der Waals surface area (Å²) < 4.78 is 0. The quantitative estimate of drug-likeness (QED) is 0.747. The molecule has 2 aliphatic heterocycles. The van der Waals surface area contributed by atoms with Gasteiger partial charge < -0.3 is 10.6 Å². The van der Waals surface area contributed by atoms with Crippen molar-refractivity contribution in [2.75, 3.05) is 19.6 Å². The molecule has 3 aliphatic rings. The molecule has 0 aromatic carbocycles. The number of nitrogens with one attached hydrogen (secondary N) is 2. The summed E-state index contributed by atoms with van der Waals surface area (Å²) in [6.07, 6.45) is 6.92. The van der Waals surface area contributed by atoms with Crippen molar-refractivity contribution in [3.63, 3.8) is 0 Å². The lowest BCUT2D eigenvalue weighted by Gasteiger charge is -2.17. The van der Waals surface area contributed by atoms with E-state index in [0.29, 0.717) is 18.5 Å². The highest BCUT2D eigenvalue weighted by Crippen LogP contribution is 2.29. The van der Waals surface area contributed by atoms with E-state index in [0.717, 1.165) is 32.0 Å². The topological polar surface area (TPSA) is 44.4 Å². The van der Waals surface area contributed by atoms with Gasteiger partial charge in [-0.05, 0) is 38.6 Å². The van der Waals surface area contributed by atoms with E-state index in [4.69, 9.17) is 0 Å². The first-order chi connectivity index (χ1) is 8.31. The molecule has 0 spiro atoms. The third kappa shape index (κ3) is 2.99. The van der Waals surface area contributed by atoms with Crippen LogP contribution in [0.4, 0.5) is 0 Å². The van der Waals surface area contributed by atoms with E-state index >= 15 is 0 Å². The van der Waals surface area contributed by atoms with Crippen molar-refractivity contribution >= 4 is 5.91 Å². The Kier molecular flexibility index (Phi) is 3.34. The Labute approximate surface area is 103 Å². The van der Waals surface area contributed by atoms with Crippen LogP contribution in [0.2, 0.25) is 0 Å². The maximum absolute atomic E-state index is 11.9. The van der Waals surface area contributed by atoms with Crippen LogP contribution in [-0.4, -0.2) is 48.6 Å². The number of hydrogen-bond donors (Lipinski definition) is 2. The average molecular weight is 237 g/mol. The third-order valence-electron chi connectivity index (χ3n) is 4.24. The van der Waals surface area contributed by atoms with Crippen molar-refractivity contribution in [2.24, 2.45) is 0 Å². The molecule has 96 valence electrons. The molecule has 1 amide bonds. The van der Waals surface area contributed by atoms with Gasteiger partial charge in [-0.15, -0.1) is 0 Å². The summed E-state index contributed by atoms with van der Waals surface area (Å²) in [5.74, 6) is 0.243. The SMILES string of the molecule is O=C(CC1CCCN1)NC1CCN(C2CC2)C1. The minimum absolute atomic E-state index is 0.243. The minimum atomic E-state index is 0.243. The van der Waals surface area contributed by atoms with Gasteiger partial charge in [0, 0.05) is 37.6 Å². The van der Waals surface area contributed by atoms with Crippen molar-refractivity contribution in [3.8, 4) is 0 Å². The second-order valence-electron chi connectivity index (χ2n) is 5.78. The standard InChI is InChI=1S/C13H23N3O/c17-13(8-10-2-1-6-14-10)15-11-5-7-16(9-11)12-3-4-12/h10-12,14H,1-9H2,(H,15,17). The number of likely N-dealkylation sites (tertiary alicyclic amines) is 1. The summed E-state index contributed by atoms with van der Waals surface area (Å²) in [5, 5.41) is 6.58. The normalized spacial score (nSPS) is 34.1. The summed E-state index contributed by atoms with van der Waals surface area (Å²) >= 11 is 0. The molecule has 2 atom stereocenters. The van der Waals surface area contributed by atoms with E-state index in [9.17, 15) is 4.79 Å². The van der Waals surface area contributed by atoms with Crippen LogP contribution in [0, 0.1) is 0 Å². The lowest BCUT2D eigenvalue weighted by molar-refractivity contribution is -0.122. The first kappa shape index (κ1) is 11.5. The molecule has 1 aliphatic carbocycles. The third-order valence-corrected chi connectivity index (χ3v) is 4.24. The van der Waals surface area contributed by atoms with Gasteiger partial charge in [0.15, 0.2) is 0 Å². The molecule has 17 heavy (non-hydrogen) atoms. The van der Waals surface area contributed by atoms with E-state index in [1.807, 2.05) is 0 Å². The predicted molar refractivity (Wildman–Crippen MR) is 66.8 cm³/mol. The van der Waals surface area contributed by atoms with Crippen LogP contribution in [0.15, 0.2) is 0 Å². The zero-order chi connectivity index (χ0) is 11.7. The number of carbonyl (C=O) groups excluding carboxylic acids is 1. The highest BCUT2D eigenvalue weighted by Gasteiger charge is 2.34. The lowest BCUT2D eigenvalue weighted by Crippen LogP contribution is -2.40. The first-order valence-electron chi connectivity index (χ1n) is 7.08. The molecule has 2 heterocycles. The summed E-state index contributed by atoms with van der Waals surface area (Å²) in [4.78, 5) is 14.4. The van der Waals surface area contributed by atoms with E-state index in [2.05, 4.69) is 15.5 Å². The monoisotopic (exact) mass is 237 g/mol. The molecule has 0 aromatic heterocycles. The van der Waals surface area contributed by atoms with E-state index in [1.54, 1.807) is 0 Å². The Bertz CT molecular complexity index is 284. The molecular formula is C13H23N3O. The Morgan fingerprint density at radius 1 is 1.29 bits per heavy atom. The van der Waals surface area contributed by atoms with Crippen molar-refractivity contribution in [1.29, 1.82) is 0 Å². The van der Waals surface area contributed by atoms with E-state index in [1.165, 1.54) is 25.8 Å². The minimum Gasteiger partial charge on any atom is -0.352 e. The van der Waals surface area contributed by atoms with Gasteiger partial charge in [-0.2, -0.15) is 0 Å². The molecule has 4 nitrogen and oxygen atoms in total. The van der Waals surface area contributed by atoms with Crippen LogP contribution in [0.1, 0.15) is 38.5 Å². The average Bonchev–Trinajstić information content (AvgIpc) is 2.84. The molecule has 2 N–H and O–H groups in total. The molecule has 3 fully saturated rings. The largest absolute Gasteiger partial charge is 0.352 e. The number of hydrogen-bond acceptors (Lipinski definition) is 3. The molecule has 0 bridgehead atoms. The maximum atomic E-state index is 11.9. The van der Waals surface area contributed by atoms with Crippen molar-refractivity contribution in [1.82, 2.24) is 15.5 Å². The fraction of sp³-hybridized carbons (Fsp3) is 0.923. The first-order valence-corrected chi connectivity index (χ1v) is 7.08. The van der Waals surface area contributed by atoms with E-state index < -0.39 is 0 Å². The van der Waals surface area contributed by atoms with Crippen molar-refractivity contribution in [3.05, 3.63) is 0 Å². The summed E-state index contributed by atoms with van der Waals surface area (Å²) in [6, 6.07) is 1.67. The fourth-order valence-electron chi connectivity index (χ4n) is 3.12. The number of nitrogens with zero attached hydrogens (tertiary/aromatic N) is 1. The summed E-state index contributed by atoms with van der Waals surface area (Å²) in [7, 11) is 0. The Morgan fingerprint density at radius 2 is 2.18 bits per heavy atom. The van der Waals surface area contributed by atoms with Gasteiger partial charge in [-0.3, -0.25) is 9.69 Å². The van der Waals surface area contributed by atoms with Gasteiger partial charge in [0.05, 0.1) is 0 Å². The van der Waals surface area contributed by atoms with Gasteiger partial charge in [0.2, 0.25) is 5.91 Å². The highest BCUT2D eigenvalue weighted by molar-refractivity contribution is 5.77. The summed E-state index contributed by atoms with van der Waals surface area (Å²) in [6.45, 7) is 3.34.